The highest BCUT2D eigenvalue weighted by Gasteiger charge is 2.22. The van der Waals surface area contributed by atoms with Crippen LogP contribution in [-0.4, -0.2) is 51.8 Å². The van der Waals surface area contributed by atoms with Gasteiger partial charge in [-0.15, -0.1) is 0 Å². The van der Waals surface area contributed by atoms with Gasteiger partial charge in [0.15, 0.2) is 0 Å². The zero-order chi connectivity index (χ0) is 10.4. The van der Waals surface area contributed by atoms with Crippen molar-refractivity contribution in [3.8, 4) is 0 Å². The van der Waals surface area contributed by atoms with Crippen LogP contribution < -0.4 is 5.32 Å². The van der Waals surface area contributed by atoms with Crippen molar-refractivity contribution in [1.29, 1.82) is 0 Å². The Labute approximate surface area is 87.8 Å². The van der Waals surface area contributed by atoms with Gasteiger partial charge in [0.1, 0.15) is 0 Å². The fourth-order valence-electron chi connectivity index (χ4n) is 2.31. The van der Waals surface area contributed by atoms with Crippen LogP contribution in [-0.2, 0) is 4.74 Å². The van der Waals surface area contributed by atoms with E-state index >= 15 is 0 Å². The number of hydrogen-bond acceptors (Lipinski definition) is 3. The van der Waals surface area contributed by atoms with Crippen molar-refractivity contribution < 1.29 is 4.74 Å². The predicted molar refractivity (Wildman–Crippen MR) is 59.5 cm³/mol. The van der Waals surface area contributed by atoms with Crippen LogP contribution in [0.1, 0.15) is 13.3 Å². The van der Waals surface area contributed by atoms with Crippen molar-refractivity contribution >= 4 is 0 Å². The first-order valence-corrected chi connectivity index (χ1v) is 5.62. The van der Waals surface area contributed by atoms with E-state index < -0.39 is 0 Å². The lowest BCUT2D eigenvalue weighted by Crippen LogP contribution is -2.29. The van der Waals surface area contributed by atoms with E-state index in [0.29, 0.717) is 5.92 Å². The Bertz CT molecular complexity index is 152. The maximum atomic E-state index is 5.15. The summed E-state index contributed by atoms with van der Waals surface area (Å²) >= 11 is 0. The number of likely N-dealkylation sites (tertiary alicyclic amines) is 1. The molecule has 1 aliphatic heterocycles. The Morgan fingerprint density at radius 2 is 2.36 bits per heavy atom. The molecule has 1 fully saturated rings. The van der Waals surface area contributed by atoms with E-state index in [9.17, 15) is 0 Å². The number of methoxy groups -OCH3 is 1. The van der Waals surface area contributed by atoms with Gasteiger partial charge in [-0.25, -0.2) is 0 Å². The van der Waals surface area contributed by atoms with E-state index in [1.165, 1.54) is 26.1 Å². The third-order valence-electron chi connectivity index (χ3n) is 2.88. The first-order chi connectivity index (χ1) is 6.76. The van der Waals surface area contributed by atoms with E-state index in [1.807, 2.05) is 7.05 Å². The van der Waals surface area contributed by atoms with Crippen molar-refractivity contribution in [3.63, 3.8) is 0 Å². The quantitative estimate of drug-likeness (QED) is 0.687. The summed E-state index contributed by atoms with van der Waals surface area (Å²) in [6.07, 6.45) is 1.35. The summed E-state index contributed by atoms with van der Waals surface area (Å²) in [5, 5.41) is 3.26. The molecular weight excluding hydrogens is 176 g/mol. The second-order valence-corrected chi connectivity index (χ2v) is 4.53. The van der Waals surface area contributed by atoms with Crippen LogP contribution in [0.25, 0.3) is 0 Å². The highest BCUT2D eigenvalue weighted by atomic mass is 16.5. The summed E-state index contributed by atoms with van der Waals surface area (Å²) in [7, 11) is 3.82. The van der Waals surface area contributed by atoms with Gasteiger partial charge in [0.05, 0.1) is 0 Å². The summed E-state index contributed by atoms with van der Waals surface area (Å²) in [6, 6.07) is 0. The SMILES string of the molecule is CNCC1CCN(CC(C)COC)C1. The van der Waals surface area contributed by atoms with E-state index in [1.54, 1.807) is 7.11 Å². The second-order valence-electron chi connectivity index (χ2n) is 4.53. The van der Waals surface area contributed by atoms with Crippen LogP contribution in [0.15, 0.2) is 0 Å². The van der Waals surface area contributed by atoms with Gasteiger partial charge >= 0.3 is 0 Å². The maximum absolute atomic E-state index is 5.15. The van der Waals surface area contributed by atoms with Crippen molar-refractivity contribution in [2.45, 2.75) is 13.3 Å². The molecule has 0 aliphatic carbocycles. The summed E-state index contributed by atoms with van der Waals surface area (Å²) in [5.74, 6) is 1.52. The largest absolute Gasteiger partial charge is 0.384 e. The fraction of sp³-hybridized carbons (Fsp3) is 1.00. The maximum Gasteiger partial charge on any atom is 0.0500 e. The molecule has 3 heteroatoms. The molecule has 0 aromatic heterocycles. The highest BCUT2D eigenvalue weighted by molar-refractivity contribution is 4.77. The normalized spacial score (nSPS) is 25.5. The number of nitrogens with one attached hydrogen (secondary N) is 1. The van der Waals surface area contributed by atoms with Crippen LogP contribution in [0.3, 0.4) is 0 Å². The second kappa shape index (κ2) is 6.38. The van der Waals surface area contributed by atoms with Crippen LogP contribution >= 0.6 is 0 Å². The Kier molecular flexibility index (Phi) is 5.45. The lowest BCUT2D eigenvalue weighted by molar-refractivity contribution is 0.136. The zero-order valence-corrected chi connectivity index (χ0v) is 9.75. The molecule has 1 heterocycles. The topological polar surface area (TPSA) is 24.5 Å². The fourth-order valence-corrected chi connectivity index (χ4v) is 2.31. The smallest absolute Gasteiger partial charge is 0.0500 e. The third-order valence-corrected chi connectivity index (χ3v) is 2.88. The van der Waals surface area contributed by atoms with Crippen molar-refractivity contribution in [2.24, 2.45) is 11.8 Å². The van der Waals surface area contributed by atoms with Crippen LogP contribution in [0.4, 0.5) is 0 Å². The van der Waals surface area contributed by atoms with Gasteiger partial charge in [-0.05, 0) is 38.4 Å². The Morgan fingerprint density at radius 3 is 3.00 bits per heavy atom. The van der Waals surface area contributed by atoms with Crippen LogP contribution in [0.5, 0.6) is 0 Å². The Hall–Kier alpha value is -0.120. The lowest BCUT2D eigenvalue weighted by atomic mass is 10.1. The van der Waals surface area contributed by atoms with Gasteiger partial charge in [0.2, 0.25) is 0 Å². The minimum Gasteiger partial charge on any atom is -0.384 e. The average Bonchev–Trinajstić information content (AvgIpc) is 2.53. The molecule has 0 radical (unpaired) electrons. The van der Waals surface area contributed by atoms with Crippen LogP contribution in [0, 0.1) is 11.8 Å². The molecule has 1 N–H and O–H groups in total. The molecule has 3 nitrogen and oxygen atoms in total. The molecule has 0 saturated carbocycles. The van der Waals surface area contributed by atoms with Crippen molar-refractivity contribution in [1.82, 2.24) is 10.2 Å². The van der Waals surface area contributed by atoms with E-state index in [4.69, 9.17) is 4.74 Å². The van der Waals surface area contributed by atoms with Gasteiger partial charge in [-0.3, -0.25) is 0 Å². The monoisotopic (exact) mass is 200 g/mol. The van der Waals surface area contributed by atoms with Crippen molar-refractivity contribution in [3.05, 3.63) is 0 Å². The molecule has 0 aromatic rings. The highest BCUT2D eigenvalue weighted by Crippen LogP contribution is 2.16. The first kappa shape index (κ1) is 12.0. The zero-order valence-electron chi connectivity index (χ0n) is 9.75. The molecule has 2 atom stereocenters. The summed E-state index contributed by atoms with van der Waals surface area (Å²) in [5.41, 5.74) is 0. The third kappa shape index (κ3) is 3.95. The molecule has 0 bridgehead atoms. The van der Waals surface area contributed by atoms with Gasteiger partial charge < -0.3 is 15.0 Å². The van der Waals surface area contributed by atoms with Gasteiger partial charge in [0, 0.05) is 26.8 Å². The lowest BCUT2D eigenvalue weighted by Gasteiger charge is -2.20. The standard InChI is InChI=1S/C11H24N2O/c1-10(9-14-3)7-13-5-4-11(8-13)6-12-2/h10-12H,4-9H2,1-3H3. The Balaban J connectivity index is 2.15. The molecule has 1 aliphatic rings. The summed E-state index contributed by atoms with van der Waals surface area (Å²) in [6.45, 7) is 8.01. The molecular formula is C11H24N2O. The van der Waals surface area contributed by atoms with Crippen LogP contribution in [0.2, 0.25) is 0 Å². The molecule has 1 rings (SSSR count). The predicted octanol–water partition coefficient (Wildman–Crippen LogP) is 0.810. The molecule has 0 spiro atoms. The molecule has 0 aromatic carbocycles. The summed E-state index contributed by atoms with van der Waals surface area (Å²) in [4.78, 5) is 2.56. The molecule has 2 unspecified atom stereocenters. The minimum absolute atomic E-state index is 0.660. The number of rotatable bonds is 6. The van der Waals surface area contributed by atoms with E-state index in [0.717, 1.165) is 19.1 Å². The van der Waals surface area contributed by atoms with E-state index in [2.05, 4.69) is 17.1 Å². The van der Waals surface area contributed by atoms with Gasteiger partial charge in [0.25, 0.3) is 0 Å². The molecule has 1 saturated heterocycles. The Morgan fingerprint density at radius 1 is 1.57 bits per heavy atom. The van der Waals surface area contributed by atoms with Crippen molar-refractivity contribution in [2.75, 3.05) is 46.9 Å². The summed E-state index contributed by atoms with van der Waals surface area (Å²) < 4.78 is 5.15. The number of hydrogen-bond donors (Lipinski definition) is 1. The average molecular weight is 200 g/mol. The first-order valence-electron chi connectivity index (χ1n) is 5.62. The number of nitrogens with zero attached hydrogens (tertiary/aromatic N) is 1. The molecule has 14 heavy (non-hydrogen) atoms. The molecule has 0 amide bonds. The van der Waals surface area contributed by atoms with E-state index in [-0.39, 0.29) is 0 Å². The minimum atomic E-state index is 0.660. The molecule has 84 valence electrons. The number of ether oxygens (including phenoxy) is 1. The van der Waals surface area contributed by atoms with Gasteiger partial charge in [-0.2, -0.15) is 0 Å². The van der Waals surface area contributed by atoms with Gasteiger partial charge in [-0.1, -0.05) is 6.92 Å².